The van der Waals surface area contributed by atoms with Crippen LogP contribution in [0.1, 0.15) is 45.5 Å². The van der Waals surface area contributed by atoms with Crippen LogP contribution in [0.5, 0.6) is 0 Å². The largest absolute Gasteiger partial charge is 0.352 e. The van der Waals surface area contributed by atoms with Crippen molar-refractivity contribution >= 4 is 49.2 Å². The molecule has 2 aromatic carbocycles. The van der Waals surface area contributed by atoms with Gasteiger partial charge in [0.25, 0.3) is 5.91 Å². The number of fused-ring (bicyclic) bond motifs is 3. The van der Waals surface area contributed by atoms with Gasteiger partial charge in [-0.25, -0.2) is 9.97 Å². The Kier molecular flexibility index (Phi) is 6.52. The van der Waals surface area contributed by atoms with E-state index in [9.17, 15) is 4.79 Å². The SMILES string of the molecule is CC1CCc2c(sc3nc(Cc4ccccc4)nc(N4CCN(C(=O)c5ccc(Br)cc5)CC4)c23)C1. The summed E-state index contributed by atoms with van der Waals surface area (Å²) in [5.41, 5.74) is 3.42. The highest BCUT2D eigenvalue weighted by Gasteiger charge is 2.29. The van der Waals surface area contributed by atoms with Crippen LogP contribution in [0.25, 0.3) is 10.2 Å². The molecule has 2 aromatic heterocycles. The van der Waals surface area contributed by atoms with Crippen LogP contribution < -0.4 is 4.90 Å². The summed E-state index contributed by atoms with van der Waals surface area (Å²) in [6, 6.07) is 18.1. The van der Waals surface area contributed by atoms with Crippen molar-refractivity contribution in [1.29, 1.82) is 0 Å². The number of nitrogens with zero attached hydrogens (tertiary/aromatic N) is 4. The molecule has 1 saturated heterocycles. The third-order valence-electron chi connectivity index (χ3n) is 7.34. The minimum Gasteiger partial charge on any atom is -0.352 e. The van der Waals surface area contributed by atoms with Gasteiger partial charge >= 0.3 is 0 Å². The molecule has 3 heterocycles. The zero-order valence-electron chi connectivity index (χ0n) is 20.4. The second kappa shape index (κ2) is 9.94. The van der Waals surface area contributed by atoms with Crippen molar-refractivity contribution in [2.45, 2.75) is 32.6 Å². The molecule has 0 radical (unpaired) electrons. The first-order valence-electron chi connectivity index (χ1n) is 12.7. The molecule has 0 bridgehead atoms. The summed E-state index contributed by atoms with van der Waals surface area (Å²) in [4.78, 5) is 30.3. The lowest BCUT2D eigenvalue weighted by Gasteiger charge is -2.36. The van der Waals surface area contributed by atoms with Crippen molar-refractivity contribution in [3.8, 4) is 0 Å². The Labute approximate surface area is 224 Å². The van der Waals surface area contributed by atoms with E-state index in [1.54, 1.807) is 0 Å². The van der Waals surface area contributed by atoms with Gasteiger partial charge in [0, 0.05) is 47.5 Å². The number of carbonyl (C=O) groups is 1. The van der Waals surface area contributed by atoms with Gasteiger partial charge in [-0.2, -0.15) is 0 Å². The minimum atomic E-state index is 0.0988. The maximum atomic E-state index is 13.1. The fraction of sp³-hybridized carbons (Fsp3) is 0.345. The number of thiophene rings is 1. The zero-order chi connectivity index (χ0) is 24.6. The fourth-order valence-electron chi connectivity index (χ4n) is 5.35. The average Bonchev–Trinajstić information content (AvgIpc) is 3.26. The second-order valence-corrected chi connectivity index (χ2v) is 11.9. The second-order valence-electron chi connectivity index (χ2n) is 9.94. The van der Waals surface area contributed by atoms with E-state index in [1.165, 1.54) is 27.8 Å². The summed E-state index contributed by atoms with van der Waals surface area (Å²) in [6.07, 6.45) is 4.19. The van der Waals surface area contributed by atoms with Crippen LogP contribution in [-0.4, -0.2) is 47.0 Å². The van der Waals surface area contributed by atoms with Crippen molar-refractivity contribution in [3.05, 3.63) is 86.5 Å². The molecule has 184 valence electrons. The number of hydrogen-bond acceptors (Lipinski definition) is 5. The molecule has 4 aromatic rings. The van der Waals surface area contributed by atoms with Gasteiger partial charge in [-0.3, -0.25) is 4.79 Å². The molecule has 1 amide bonds. The van der Waals surface area contributed by atoms with Crippen molar-refractivity contribution in [1.82, 2.24) is 14.9 Å². The lowest BCUT2D eigenvalue weighted by atomic mass is 9.89. The van der Waals surface area contributed by atoms with Crippen LogP contribution in [-0.2, 0) is 19.3 Å². The third kappa shape index (κ3) is 4.66. The van der Waals surface area contributed by atoms with Gasteiger partial charge in [0.2, 0.25) is 0 Å². The minimum absolute atomic E-state index is 0.0988. The van der Waals surface area contributed by atoms with E-state index < -0.39 is 0 Å². The number of aromatic nitrogens is 2. The van der Waals surface area contributed by atoms with Gasteiger partial charge in [0.05, 0.1) is 5.39 Å². The van der Waals surface area contributed by atoms with Crippen molar-refractivity contribution in [2.24, 2.45) is 5.92 Å². The summed E-state index contributed by atoms with van der Waals surface area (Å²) in [5, 5.41) is 1.26. The number of aryl methyl sites for hydroxylation is 1. The molecule has 7 heteroatoms. The lowest BCUT2D eigenvalue weighted by Crippen LogP contribution is -2.49. The van der Waals surface area contributed by atoms with Gasteiger partial charge in [0.1, 0.15) is 16.5 Å². The van der Waals surface area contributed by atoms with E-state index in [4.69, 9.17) is 9.97 Å². The van der Waals surface area contributed by atoms with Crippen LogP contribution >= 0.6 is 27.3 Å². The Balaban J connectivity index is 1.31. The highest BCUT2D eigenvalue weighted by Crippen LogP contribution is 2.41. The molecule has 1 unspecified atom stereocenters. The van der Waals surface area contributed by atoms with Crippen LogP contribution in [0.15, 0.2) is 59.1 Å². The van der Waals surface area contributed by atoms with E-state index in [2.05, 4.69) is 52.0 Å². The number of hydrogen-bond donors (Lipinski definition) is 0. The standard InChI is InChI=1S/C29H29BrN4OS/c1-19-7-12-23-24(17-19)36-28-26(23)27(31-25(32-28)18-20-5-3-2-4-6-20)33-13-15-34(16-14-33)29(35)21-8-10-22(30)11-9-21/h2-6,8-11,19H,7,12-18H2,1H3. The van der Waals surface area contributed by atoms with Crippen molar-refractivity contribution < 1.29 is 4.79 Å². The summed E-state index contributed by atoms with van der Waals surface area (Å²) in [6.45, 7) is 5.29. The predicted octanol–water partition coefficient (Wildman–Crippen LogP) is 6.13. The van der Waals surface area contributed by atoms with Crippen LogP contribution in [0.3, 0.4) is 0 Å². The number of carbonyl (C=O) groups excluding carboxylic acids is 1. The molecule has 0 N–H and O–H groups in total. The first-order chi connectivity index (χ1) is 17.5. The molecule has 1 aliphatic carbocycles. The summed E-state index contributed by atoms with van der Waals surface area (Å²) < 4.78 is 0.983. The molecule has 36 heavy (non-hydrogen) atoms. The van der Waals surface area contributed by atoms with E-state index in [0.29, 0.717) is 13.1 Å². The molecule has 0 saturated carbocycles. The Morgan fingerprint density at radius 2 is 1.78 bits per heavy atom. The van der Waals surface area contributed by atoms with Gasteiger partial charge in [0.15, 0.2) is 0 Å². The highest BCUT2D eigenvalue weighted by atomic mass is 79.9. The Morgan fingerprint density at radius 1 is 1.03 bits per heavy atom. The van der Waals surface area contributed by atoms with Crippen LogP contribution in [0.4, 0.5) is 5.82 Å². The van der Waals surface area contributed by atoms with Crippen LogP contribution in [0.2, 0.25) is 0 Å². The summed E-state index contributed by atoms with van der Waals surface area (Å²) in [5.74, 6) is 2.76. The maximum Gasteiger partial charge on any atom is 0.253 e. The number of piperazine rings is 1. The number of benzene rings is 2. The summed E-state index contributed by atoms with van der Waals surface area (Å²) >= 11 is 5.32. The van der Waals surface area contributed by atoms with E-state index in [1.807, 2.05) is 46.6 Å². The number of anilines is 1. The highest BCUT2D eigenvalue weighted by molar-refractivity contribution is 9.10. The molecule has 1 atom stereocenters. The Morgan fingerprint density at radius 3 is 2.53 bits per heavy atom. The molecule has 6 rings (SSSR count). The first kappa shape index (κ1) is 23.6. The predicted molar refractivity (Wildman–Crippen MR) is 150 cm³/mol. The number of rotatable bonds is 4. The number of amides is 1. The monoisotopic (exact) mass is 560 g/mol. The molecule has 5 nitrogen and oxygen atoms in total. The first-order valence-corrected chi connectivity index (χ1v) is 14.3. The van der Waals surface area contributed by atoms with E-state index in [0.717, 1.165) is 64.8 Å². The van der Waals surface area contributed by atoms with Gasteiger partial charge in [-0.15, -0.1) is 11.3 Å². The lowest BCUT2D eigenvalue weighted by molar-refractivity contribution is 0.0746. The van der Waals surface area contributed by atoms with Crippen molar-refractivity contribution in [3.63, 3.8) is 0 Å². The maximum absolute atomic E-state index is 13.1. The molecule has 0 spiro atoms. The summed E-state index contributed by atoms with van der Waals surface area (Å²) in [7, 11) is 0. The molecule has 2 aliphatic rings. The van der Waals surface area contributed by atoms with Gasteiger partial charge in [-0.05, 0) is 60.6 Å². The van der Waals surface area contributed by atoms with Gasteiger partial charge in [-0.1, -0.05) is 53.2 Å². The molecular formula is C29H29BrN4OS. The third-order valence-corrected chi connectivity index (χ3v) is 9.02. The smallest absolute Gasteiger partial charge is 0.253 e. The van der Waals surface area contributed by atoms with Crippen molar-refractivity contribution in [2.75, 3.05) is 31.1 Å². The Bertz CT molecular complexity index is 1390. The topological polar surface area (TPSA) is 49.3 Å². The fourth-order valence-corrected chi connectivity index (χ4v) is 7.01. The zero-order valence-corrected chi connectivity index (χ0v) is 22.8. The average molecular weight is 562 g/mol. The van der Waals surface area contributed by atoms with E-state index >= 15 is 0 Å². The Hall–Kier alpha value is -2.77. The molecular weight excluding hydrogens is 532 g/mol. The number of halogens is 1. The molecule has 1 fully saturated rings. The van der Waals surface area contributed by atoms with Crippen LogP contribution in [0, 0.1) is 5.92 Å². The molecule has 1 aliphatic heterocycles. The normalized spacial score (nSPS) is 17.9. The quantitative estimate of drug-likeness (QED) is 0.301. The van der Waals surface area contributed by atoms with Gasteiger partial charge < -0.3 is 9.80 Å². The van der Waals surface area contributed by atoms with E-state index in [-0.39, 0.29) is 5.91 Å².